The first kappa shape index (κ1) is 12.8. The minimum Gasteiger partial charge on any atom is -0.349 e. The van der Waals surface area contributed by atoms with Gasteiger partial charge in [0.1, 0.15) is 0 Å². The van der Waals surface area contributed by atoms with E-state index in [0.717, 1.165) is 12.8 Å². The molecule has 0 aliphatic heterocycles. The summed E-state index contributed by atoms with van der Waals surface area (Å²) in [5, 5.41) is 13.5. The third kappa shape index (κ3) is 2.61. The minimum atomic E-state index is -0.541. The number of carbonyl (C=O) groups is 1. The van der Waals surface area contributed by atoms with Crippen LogP contribution in [0.1, 0.15) is 30.1 Å². The van der Waals surface area contributed by atoms with Crippen LogP contribution in [-0.2, 0) is 0 Å². The number of hydrogen-bond acceptors (Lipinski definition) is 3. The number of rotatable bonds is 3. The van der Waals surface area contributed by atoms with Gasteiger partial charge in [0.15, 0.2) is 0 Å². The molecule has 96 valence electrons. The highest BCUT2D eigenvalue weighted by Crippen LogP contribution is 2.27. The Balaban J connectivity index is 2.08. The Kier molecular flexibility index (Phi) is 3.52. The van der Waals surface area contributed by atoms with Crippen molar-refractivity contribution in [1.29, 1.82) is 0 Å². The first-order valence-electron chi connectivity index (χ1n) is 5.72. The molecule has 1 saturated carbocycles. The molecule has 1 amide bonds. The minimum absolute atomic E-state index is 0.106. The highest BCUT2D eigenvalue weighted by molar-refractivity contribution is 6.34. The molecule has 1 aromatic rings. The first-order chi connectivity index (χ1) is 8.47. The Morgan fingerprint density at radius 3 is 2.67 bits per heavy atom. The van der Waals surface area contributed by atoms with Crippen molar-refractivity contribution in [3.05, 3.63) is 38.9 Å². The molecule has 1 N–H and O–H groups in total. The molecule has 1 fully saturated rings. The smallest absolute Gasteiger partial charge is 0.270 e. The van der Waals surface area contributed by atoms with E-state index in [9.17, 15) is 14.9 Å². The van der Waals surface area contributed by atoms with Crippen LogP contribution < -0.4 is 5.32 Å². The summed E-state index contributed by atoms with van der Waals surface area (Å²) >= 11 is 5.88. The topological polar surface area (TPSA) is 72.2 Å². The fourth-order valence-electron chi connectivity index (χ4n) is 2.09. The predicted molar refractivity (Wildman–Crippen MR) is 67.8 cm³/mol. The van der Waals surface area contributed by atoms with Gasteiger partial charge in [0.05, 0.1) is 15.5 Å². The van der Waals surface area contributed by atoms with Crippen molar-refractivity contribution < 1.29 is 9.72 Å². The number of carbonyl (C=O) groups excluding carboxylic acids is 1. The lowest BCUT2D eigenvalue weighted by molar-refractivity contribution is -0.384. The van der Waals surface area contributed by atoms with Crippen molar-refractivity contribution in [3.8, 4) is 0 Å². The van der Waals surface area contributed by atoms with Gasteiger partial charge in [0.2, 0.25) is 0 Å². The van der Waals surface area contributed by atoms with E-state index in [0.29, 0.717) is 5.92 Å². The Hall–Kier alpha value is -1.62. The van der Waals surface area contributed by atoms with E-state index in [2.05, 4.69) is 12.2 Å². The molecule has 2 rings (SSSR count). The fourth-order valence-corrected chi connectivity index (χ4v) is 2.35. The van der Waals surface area contributed by atoms with Crippen molar-refractivity contribution in [2.45, 2.75) is 25.8 Å². The van der Waals surface area contributed by atoms with Gasteiger partial charge in [-0.2, -0.15) is 0 Å². The van der Waals surface area contributed by atoms with Gasteiger partial charge in [-0.15, -0.1) is 0 Å². The van der Waals surface area contributed by atoms with Crippen LogP contribution >= 0.6 is 11.6 Å². The number of nitro benzene ring substituents is 1. The van der Waals surface area contributed by atoms with E-state index in [-0.39, 0.29) is 28.2 Å². The maximum Gasteiger partial charge on any atom is 0.270 e. The maximum absolute atomic E-state index is 11.9. The van der Waals surface area contributed by atoms with Crippen LogP contribution in [0.4, 0.5) is 5.69 Å². The van der Waals surface area contributed by atoms with Crippen LogP contribution in [0.3, 0.4) is 0 Å². The van der Waals surface area contributed by atoms with E-state index in [1.807, 2.05) is 0 Å². The fraction of sp³-hybridized carbons (Fsp3) is 0.417. The van der Waals surface area contributed by atoms with Crippen LogP contribution in [0, 0.1) is 16.0 Å². The van der Waals surface area contributed by atoms with Crippen molar-refractivity contribution >= 4 is 23.2 Å². The lowest BCUT2D eigenvalue weighted by atomic mass is 9.82. The van der Waals surface area contributed by atoms with Gasteiger partial charge in [-0.25, -0.2) is 0 Å². The summed E-state index contributed by atoms with van der Waals surface area (Å²) in [5.41, 5.74) is 0.163. The number of nitrogens with zero attached hydrogens (tertiary/aromatic N) is 1. The number of nitro groups is 1. The molecule has 0 saturated heterocycles. The van der Waals surface area contributed by atoms with Crippen molar-refractivity contribution in [2.75, 3.05) is 0 Å². The molecule has 5 nitrogen and oxygen atoms in total. The van der Waals surface area contributed by atoms with Crippen LogP contribution in [0.2, 0.25) is 5.02 Å². The number of halogens is 1. The van der Waals surface area contributed by atoms with Gasteiger partial charge in [0, 0.05) is 18.2 Å². The van der Waals surface area contributed by atoms with Crippen molar-refractivity contribution in [1.82, 2.24) is 5.32 Å². The van der Waals surface area contributed by atoms with Gasteiger partial charge in [0.25, 0.3) is 11.6 Å². The Labute approximate surface area is 109 Å². The van der Waals surface area contributed by atoms with Crippen LogP contribution in [-0.4, -0.2) is 16.9 Å². The molecule has 0 radical (unpaired) electrons. The van der Waals surface area contributed by atoms with Gasteiger partial charge in [-0.3, -0.25) is 14.9 Å². The second-order valence-electron chi connectivity index (χ2n) is 4.67. The molecule has 6 heteroatoms. The molecule has 0 spiro atoms. The van der Waals surface area contributed by atoms with Crippen molar-refractivity contribution in [2.24, 2.45) is 5.92 Å². The molecule has 1 aromatic carbocycles. The van der Waals surface area contributed by atoms with E-state index in [1.165, 1.54) is 18.2 Å². The summed E-state index contributed by atoms with van der Waals surface area (Å²) in [4.78, 5) is 21.9. The highest BCUT2D eigenvalue weighted by atomic mass is 35.5. The Morgan fingerprint density at radius 1 is 1.50 bits per heavy atom. The van der Waals surface area contributed by atoms with Crippen LogP contribution in [0.15, 0.2) is 18.2 Å². The molecule has 18 heavy (non-hydrogen) atoms. The zero-order valence-corrected chi connectivity index (χ0v) is 10.6. The standard InChI is InChI=1S/C12H13ClN2O3/c1-7-4-8(5-7)14-12(16)10-3-2-9(15(17)18)6-11(10)13/h2-3,6-8H,4-5H2,1H3,(H,14,16). The first-order valence-corrected chi connectivity index (χ1v) is 6.10. The van der Waals surface area contributed by atoms with E-state index < -0.39 is 4.92 Å². The summed E-state index contributed by atoms with van der Waals surface area (Å²) < 4.78 is 0. The molecule has 0 aromatic heterocycles. The normalized spacial score (nSPS) is 22.1. The summed E-state index contributed by atoms with van der Waals surface area (Å²) in [7, 11) is 0. The van der Waals surface area contributed by atoms with Crippen LogP contribution in [0.25, 0.3) is 0 Å². The molecule has 1 aliphatic rings. The average Bonchev–Trinajstić information content (AvgIpc) is 2.26. The average molecular weight is 269 g/mol. The zero-order chi connectivity index (χ0) is 13.3. The lowest BCUT2D eigenvalue weighted by Gasteiger charge is -2.33. The van der Waals surface area contributed by atoms with Crippen molar-refractivity contribution in [3.63, 3.8) is 0 Å². The summed E-state index contributed by atoms with van der Waals surface area (Å²) in [6.45, 7) is 2.13. The molecule has 0 bridgehead atoms. The summed E-state index contributed by atoms with van der Waals surface area (Å²) in [5.74, 6) is 0.370. The van der Waals surface area contributed by atoms with E-state index in [1.54, 1.807) is 0 Å². The number of hydrogen-bond donors (Lipinski definition) is 1. The lowest BCUT2D eigenvalue weighted by Crippen LogP contribution is -2.43. The third-order valence-corrected chi connectivity index (χ3v) is 3.43. The van der Waals surface area contributed by atoms with Gasteiger partial charge >= 0.3 is 0 Å². The molecule has 1 aliphatic carbocycles. The molecule has 0 atom stereocenters. The monoisotopic (exact) mass is 268 g/mol. The van der Waals surface area contributed by atoms with Crippen LogP contribution in [0.5, 0.6) is 0 Å². The number of non-ortho nitro benzene ring substituents is 1. The third-order valence-electron chi connectivity index (χ3n) is 3.12. The van der Waals surface area contributed by atoms with Gasteiger partial charge in [-0.1, -0.05) is 18.5 Å². The summed E-state index contributed by atoms with van der Waals surface area (Å²) in [6.07, 6.45) is 1.94. The predicted octanol–water partition coefficient (Wildman–Crippen LogP) is 2.78. The Morgan fingerprint density at radius 2 is 2.17 bits per heavy atom. The highest BCUT2D eigenvalue weighted by Gasteiger charge is 2.27. The number of amides is 1. The van der Waals surface area contributed by atoms with Gasteiger partial charge in [-0.05, 0) is 24.8 Å². The number of nitrogens with one attached hydrogen (secondary N) is 1. The van der Waals surface area contributed by atoms with E-state index >= 15 is 0 Å². The second kappa shape index (κ2) is 4.94. The second-order valence-corrected chi connectivity index (χ2v) is 5.08. The van der Waals surface area contributed by atoms with E-state index in [4.69, 9.17) is 11.6 Å². The molecule has 0 unspecified atom stereocenters. The molecular formula is C12H13ClN2O3. The summed E-state index contributed by atoms with van der Waals surface area (Å²) in [6, 6.07) is 4.06. The molecule has 0 heterocycles. The molecular weight excluding hydrogens is 256 g/mol. The largest absolute Gasteiger partial charge is 0.349 e. The quantitative estimate of drug-likeness (QED) is 0.677. The zero-order valence-electron chi connectivity index (χ0n) is 9.85. The maximum atomic E-state index is 11.9. The Bertz CT molecular complexity index is 498. The SMILES string of the molecule is CC1CC(NC(=O)c2ccc([N+](=O)[O-])cc2Cl)C1. The van der Waals surface area contributed by atoms with Gasteiger partial charge < -0.3 is 5.32 Å². The number of benzene rings is 1.